The van der Waals surface area contributed by atoms with Crippen LogP contribution in [0.15, 0.2) is 24.3 Å². The molecular weight excluding hydrogens is 240 g/mol. The molecule has 0 aliphatic carbocycles. The first kappa shape index (κ1) is 13.6. The van der Waals surface area contributed by atoms with Crippen LogP contribution in [-0.2, 0) is 0 Å². The van der Waals surface area contributed by atoms with Crippen LogP contribution in [-0.4, -0.2) is 27.6 Å². The van der Waals surface area contributed by atoms with Gasteiger partial charge < -0.3 is 15.4 Å². The van der Waals surface area contributed by atoms with E-state index in [1.54, 1.807) is 20.8 Å². The predicted octanol–water partition coefficient (Wildman–Crippen LogP) is 2.37. The van der Waals surface area contributed by atoms with Gasteiger partial charge in [0.2, 0.25) is 0 Å². The maximum atomic E-state index is 12.4. The molecule has 0 fully saturated rings. The first-order valence-corrected chi connectivity index (χ1v) is 6.41. The molecule has 1 amide bonds. The van der Waals surface area contributed by atoms with Crippen LogP contribution in [0.5, 0.6) is 0 Å². The summed E-state index contributed by atoms with van der Waals surface area (Å²) in [5, 5.41) is 13.5. The van der Waals surface area contributed by atoms with Gasteiger partial charge in [0.25, 0.3) is 5.91 Å². The lowest BCUT2D eigenvalue weighted by Crippen LogP contribution is -2.51. The van der Waals surface area contributed by atoms with Gasteiger partial charge in [0.15, 0.2) is 0 Å². The molecule has 19 heavy (non-hydrogen) atoms. The van der Waals surface area contributed by atoms with Gasteiger partial charge in [0, 0.05) is 16.6 Å². The number of benzene rings is 1. The average Bonchev–Trinajstić information content (AvgIpc) is 2.63. The highest BCUT2D eigenvalue weighted by atomic mass is 16.3. The van der Waals surface area contributed by atoms with E-state index in [9.17, 15) is 9.90 Å². The Morgan fingerprint density at radius 3 is 2.63 bits per heavy atom. The van der Waals surface area contributed by atoms with Crippen molar-refractivity contribution >= 4 is 16.8 Å². The van der Waals surface area contributed by atoms with Crippen LogP contribution in [0.4, 0.5) is 0 Å². The Labute approximate surface area is 112 Å². The molecule has 0 radical (unpaired) electrons. The van der Waals surface area contributed by atoms with E-state index < -0.39 is 11.6 Å². The summed E-state index contributed by atoms with van der Waals surface area (Å²) in [6.45, 7) is 7.16. The molecule has 2 rings (SSSR count). The Bertz CT molecular complexity index is 612. The number of amides is 1. The minimum Gasteiger partial charge on any atom is -0.391 e. The van der Waals surface area contributed by atoms with Crippen molar-refractivity contribution in [3.05, 3.63) is 35.5 Å². The van der Waals surface area contributed by atoms with Crippen molar-refractivity contribution in [2.45, 2.75) is 39.3 Å². The Morgan fingerprint density at radius 1 is 1.37 bits per heavy atom. The summed E-state index contributed by atoms with van der Waals surface area (Å²) in [5.74, 6) is -0.166. The SMILES string of the molecule is Cc1[nH]c2ccccc2c1C(=O)NC(C)(C)C(C)O. The summed E-state index contributed by atoms with van der Waals surface area (Å²) < 4.78 is 0. The van der Waals surface area contributed by atoms with Crippen molar-refractivity contribution in [3.8, 4) is 0 Å². The van der Waals surface area contributed by atoms with Gasteiger partial charge in [0.05, 0.1) is 17.2 Å². The number of aromatic nitrogens is 1. The molecule has 102 valence electrons. The Morgan fingerprint density at radius 2 is 2.00 bits per heavy atom. The van der Waals surface area contributed by atoms with Crippen molar-refractivity contribution in [2.24, 2.45) is 0 Å². The van der Waals surface area contributed by atoms with E-state index in [-0.39, 0.29) is 5.91 Å². The number of H-pyrrole nitrogens is 1. The molecule has 3 N–H and O–H groups in total. The average molecular weight is 260 g/mol. The molecule has 4 nitrogen and oxygen atoms in total. The van der Waals surface area contributed by atoms with Gasteiger partial charge in [-0.25, -0.2) is 0 Å². The minimum absolute atomic E-state index is 0.166. The monoisotopic (exact) mass is 260 g/mol. The number of carbonyl (C=O) groups is 1. The largest absolute Gasteiger partial charge is 0.391 e. The number of para-hydroxylation sites is 1. The lowest BCUT2D eigenvalue weighted by Gasteiger charge is -2.29. The van der Waals surface area contributed by atoms with Crippen molar-refractivity contribution in [1.29, 1.82) is 0 Å². The molecule has 1 aromatic carbocycles. The maximum Gasteiger partial charge on any atom is 0.254 e. The van der Waals surface area contributed by atoms with Crippen LogP contribution in [0.25, 0.3) is 10.9 Å². The fourth-order valence-corrected chi connectivity index (χ4v) is 2.03. The van der Waals surface area contributed by atoms with Gasteiger partial charge in [0.1, 0.15) is 0 Å². The number of hydrogen-bond donors (Lipinski definition) is 3. The minimum atomic E-state index is -0.665. The van der Waals surface area contributed by atoms with Crippen LogP contribution < -0.4 is 5.32 Å². The Balaban J connectivity index is 2.40. The second-order valence-corrected chi connectivity index (χ2v) is 5.52. The summed E-state index contributed by atoms with van der Waals surface area (Å²) in [4.78, 5) is 15.6. The molecule has 1 unspecified atom stereocenters. The number of carbonyl (C=O) groups excluding carboxylic acids is 1. The molecule has 0 bridgehead atoms. The zero-order valence-electron chi connectivity index (χ0n) is 11.7. The third kappa shape index (κ3) is 2.49. The number of fused-ring (bicyclic) bond motifs is 1. The first-order valence-electron chi connectivity index (χ1n) is 6.41. The number of aliphatic hydroxyl groups is 1. The highest BCUT2D eigenvalue weighted by molar-refractivity contribution is 6.08. The van der Waals surface area contributed by atoms with Gasteiger partial charge in [-0.1, -0.05) is 18.2 Å². The van der Waals surface area contributed by atoms with Crippen LogP contribution in [0.1, 0.15) is 36.8 Å². The van der Waals surface area contributed by atoms with Gasteiger partial charge in [-0.15, -0.1) is 0 Å². The molecule has 1 atom stereocenters. The molecular formula is C15H20N2O2. The zero-order chi connectivity index (χ0) is 14.2. The number of aliphatic hydroxyl groups excluding tert-OH is 1. The van der Waals surface area contributed by atoms with E-state index in [2.05, 4.69) is 10.3 Å². The van der Waals surface area contributed by atoms with E-state index in [1.807, 2.05) is 31.2 Å². The zero-order valence-corrected chi connectivity index (χ0v) is 11.7. The van der Waals surface area contributed by atoms with Gasteiger partial charge in [-0.3, -0.25) is 4.79 Å². The number of hydrogen-bond acceptors (Lipinski definition) is 2. The molecule has 0 saturated heterocycles. The third-order valence-electron chi connectivity index (χ3n) is 3.60. The fourth-order valence-electron chi connectivity index (χ4n) is 2.03. The smallest absolute Gasteiger partial charge is 0.254 e. The van der Waals surface area contributed by atoms with Crippen LogP contribution in [0.2, 0.25) is 0 Å². The quantitative estimate of drug-likeness (QED) is 0.793. The standard InChI is InChI=1S/C15H20N2O2/c1-9-13(11-7-5-6-8-12(11)16-9)14(19)17-15(3,4)10(2)18/h5-8,10,16,18H,1-4H3,(H,17,19). The van der Waals surface area contributed by atoms with Crippen molar-refractivity contribution in [2.75, 3.05) is 0 Å². The van der Waals surface area contributed by atoms with E-state index >= 15 is 0 Å². The van der Waals surface area contributed by atoms with Crippen molar-refractivity contribution in [3.63, 3.8) is 0 Å². The number of nitrogens with one attached hydrogen (secondary N) is 2. The number of aryl methyl sites for hydroxylation is 1. The molecule has 0 aliphatic rings. The van der Waals surface area contributed by atoms with Gasteiger partial charge in [-0.05, 0) is 33.8 Å². The molecule has 2 aromatic rings. The van der Waals surface area contributed by atoms with Crippen molar-refractivity contribution < 1.29 is 9.90 Å². The highest BCUT2D eigenvalue weighted by Crippen LogP contribution is 2.22. The second kappa shape index (κ2) is 4.70. The predicted molar refractivity (Wildman–Crippen MR) is 76.3 cm³/mol. The second-order valence-electron chi connectivity index (χ2n) is 5.52. The summed E-state index contributed by atoms with van der Waals surface area (Å²) >= 11 is 0. The summed E-state index contributed by atoms with van der Waals surface area (Å²) in [6.07, 6.45) is -0.623. The van der Waals surface area contributed by atoms with Crippen molar-refractivity contribution in [1.82, 2.24) is 10.3 Å². The molecule has 0 spiro atoms. The Hall–Kier alpha value is -1.81. The third-order valence-corrected chi connectivity index (χ3v) is 3.60. The normalized spacial score (nSPS) is 13.5. The fraction of sp³-hybridized carbons (Fsp3) is 0.400. The van der Waals surface area contributed by atoms with Crippen LogP contribution >= 0.6 is 0 Å². The lowest BCUT2D eigenvalue weighted by molar-refractivity contribution is 0.0710. The maximum absolute atomic E-state index is 12.4. The number of rotatable bonds is 3. The molecule has 1 heterocycles. The molecule has 0 saturated carbocycles. The topological polar surface area (TPSA) is 65.1 Å². The van der Waals surface area contributed by atoms with E-state index in [0.29, 0.717) is 5.56 Å². The van der Waals surface area contributed by atoms with E-state index in [4.69, 9.17) is 0 Å². The number of aromatic amines is 1. The van der Waals surface area contributed by atoms with Gasteiger partial charge >= 0.3 is 0 Å². The highest BCUT2D eigenvalue weighted by Gasteiger charge is 2.28. The lowest BCUT2D eigenvalue weighted by atomic mass is 9.98. The van der Waals surface area contributed by atoms with Gasteiger partial charge in [-0.2, -0.15) is 0 Å². The molecule has 4 heteroatoms. The summed E-state index contributed by atoms with van der Waals surface area (Å²) in [7, 11) is 0. The van der Waals surface area contributed by atoms with E-state index in [1.165, 1.54) is 0 Å². The molecule has 1 aromatic heterocycles. The van der Waals surface area contributed by atoms with Crippen LogP contribution in [0.3, 0.4) is 0 Å². The first-order chi connectivity index (χ1) is 8.83. The summed E-state index contributed by atoms with van der Waals surface area (Å²) in [6, 6.07) is 7.70. The van der Waals surface area contributed by atoms with E-state index in [0.717, 1.165) is 16.6 Å². The summed E-state index contributed by atoms with van der Waals surface area (Å²) in [5.41, 5.74) is 1.76. The van der Waals surface area contributed by atoms with Crippen LogP contribution in [0, 0.1) is 6.92 Å². The Kier molecular flexibility index (Phi) is 3.37. The molecule has 0 aliphatic heterocycles.